The monoisotopic (exact) mass is 263 g/mol. The van der Waals surface area contributed by atoms with Gasteiger partial charge in [0.25, 0.3) is 0 Å². The van der Waals surface area contributed by atoms with Gasteiger partial charge in [0.15, 0.2) is 11.4 Å². The third kappa shape index (κ3) is 1.64. The zero-order valence-corrected chi connectivity index (χ0v) is 10.4. The molecule has 0 radical (unpaired) electrons. The third-order valence-corrected chi connectivity index (χ3v) is 3.60. The highest BCUT2D eigenvalue weighted by Gasteiger charge is 2.45. The van der Waals surface area contributed by atoms with Crippen LogP contribution in [0.25, 0.3) is 11.1 Å². The molecule has 0 unspecified atom stereocenters. The Bertz CT molecular complexity index is 702. The quantitative estimate of drug-likeness (QED) is 0.807. The number of benzene rings is 1. The summed E-state index contributed by atoms with van der Waals surface area (Å²) in [5.41, 5.74) is 0.568. The lowest BCUT2D eigenvalue weighted by molar-refractivity contribution is -0.109. The summed E-state index contributed by atoms with van der Waals surface area (Å²) in [6, 6.07) is 4.84. The molecule has 0 bridgehead atoms. The van der Waals surface area contributed by atoms with Crippen LogP contribution >= 0.6 is 0 Å². The largest absolute Gasteiger partial charge is 0.419 e. The van der Waals surface area contributed by atoms with E-state index in [4.69, 9.17) is 9.15 Å². The minimum atomic E-state index is -0.844. The number of ketones is 1. The van der Waals surface area contributed by atoms with Gasteiger partial charge in [0.05, 0.1) is 25.3 Å². The molecule has 0 spiro atoms. The average molecular weight is 263 g/mol. The maximum Gasteiger partial charge on any atom is 0.419 e. The number of aryl methyl sites for hydroxylation is 1. The summed E-state index contributed by atoms with van der Waals surface area (Å²) in [6.45, 7) is 0.195. The number of ether oxygens (including phenoxy) is 1. The van der Waals surface area contributed by atoms with Crippen molar-refractivity contribution in [2.45, 2.75) is 0 Å². The number of aromatic nitrogens is 1. The molecule has 1 saturated heterocycles. The lowest BCUT2D eigenvalue weighted by Gasteiger charge is -2.38. The zero-order chi connectivity index (χ0) is 13.6. The molecule has 19 heavy (non-hydrogen) atoms. The highest BCUT2D eigenvalue weighted by molar-refractivity contribution is 6.03. The Hall–Kier alpha value is -1.92. The van der Waals surface area contributed by atoms with Crippen molar-refractivity contribution in [2.24, 2.45) is 12.5 Å². The summed E-state index contributed by atoms with van der Waals surface area (Å²) < 4.78 is 11.4. The third-order valence-electron chi connectivity index (χ3n) is 3.60. The smallest absolute Gasteiger partial charge is 0.408 e. The molecule has 0 saturated carbocycles. The van der Waals surface area contributed by atoms with Gasteiger partial charge >= 0.3 is 5.76 Å². The predicted molar refractivity (Wildman–Crippen MR) is 66.1 cm³/mol. The van der Waals surface area contributed by atoms with Crippen molar-refractivity contribution < 1.29 is 19.1 Å². The number of aliphatic hydroxyl groups excluding tert-OH is 1. The molecule has 1 aromatic heterocycles. The van der Waals surface area contributed by atoms with E-state index in [1.807, 2.05) is 0 Å². The molecule has 2 aromatic rings. The number of hydrogen-bond acceptors (Lipinski definition) is 5. The van der Waals surface area contributed by atoms with E-state index >= 15 is 0 Å². The van der Waals surface area contributed by atoms with E-state index < -0.39 is 11.2 Å². The second-order valence-corrected chi connectivity index (χ2v) is 4.87. The molecule has 1 aliphatic rings. The van der Waals surface area contributed by atoms with Crippen LogP contribution in [0.3, 0.4) is 0 Å². The van der Waals surface area contributed by atoms with Crippen molar-refractivity contribution >= 4 is 16.9 Å². The van der Waals surface area contributed by atoms with E-state index in [-0.39, 0.29) is 25.6 Å². The van der Waals surface area contributed by atoms with Crippen LogP contribution in [0.5, 0.6) is 0 Å². The SMILES string of the molecule is Cn1c(=O)oc2cc(C(=O)C3(CO)COC3)ccc21. The first-order valence-electron chi connectivity index (χ1n) is 5.90. The fraction of sp³-hybridized carbons (Fsp3) is 0.385. The van der Waals surface area contributed by atoms with E-state index in [0.717, 1.165) is 0 Å². The van der Waals surface area contributed by atoms with Gasteiger partial charge < -0.3 is 14.3 Å². The van der Waals surface area contributed by atoms with Crippen molar-refractivity contribution in [1.29, 1.82) is 0 Å². The van der Waals surface area contributed by atoms with Gasteiger partial charge in [0.1, 0.15) is 5.41 Å². The first-order valence-corrected chi connectivity index (χ1v) is 5.90. The summed E-state index contributed by atoms with van der Waals surface area (Å²) in [5, 5.41) is 9.35. The van der Waals surface area contributed by atoms with E-state index in [1.165, 1.54) is 10.6 Å². The lowest BCUT2D eigenvalue weighted by Crippen LogP contribution is -2.51. The molecule has 0 aliphatic carbocycles. The van der Waals surface area contributed by atoms with Crippen molar-refractivity contribution in [2.75, 3.05) is 19.8 Å². The predicted octanol–water partition coefficient (Wildman–Crippen LogP) is 0.323. The van der Waals surface area contributed by atoms with Crippen LogP contribution in [0.15, 0.2) is 27.4 Å². The van der Waals surface area contributed by atoms with Crippen LogP contribution in [0.2, 0.25) is 0 Å². The fourth-order valence-electron chi connectivity index (χ4n) is 2.22. The Balaban J connectivity index is 2.06. The number of oxazole rings is 1. The van der Waals surface area contributed by atoms with E-state index in [2.05, 4.69) is 0 Å². The number of fused-ring (bicyclic) bond motifs is 1. The van der Waals surface area contributed by atoms with Crippen molar-refractivity contribution in [3.05, 3.63) is 34.3 Å². The number of carbonyl (C=O) groups excluding carboxylic acids is 1. The maximum absolute atomic E-state index is 12.3. The summed E-state index contributed by atoms with van der Waals surface area (Å²) in [4.78, 5) is 23.7. The van der Waals surface area contributed by atoms with Crippen molar-refractivity contribution in [3.8, 4) is 0 Å². The van der Waals surface area contributed by atoms with Crippen molar-refractivity contribution in [3.63, 3.8) is 0 Å². The molecule has 6 heteroatoms. The Morgan fingerprint density at radius 3 is 2.79 bits per heavy atom. The van der Waals surface area contributed by atoms with Gasteiger partial charge in [-0.2, -0.15) is 0 Å². The number of rotatable bonds is 3. The molecule has 1 fully saturated rings. The summed E-state index contributed by atoms with van der Waals surface area (Å²) in [6.07, 6.45) is 0. The second kappa shape index (κ2) is 4.04. The standard InChI is InChI=1S/C13H13NO5/c1-14-9-3-2-8(4-10(9)19-12(14)17)11(16)13(5-15)6-18-7-13/h2-4,15H,5-7H2,1H3. The molecule has 0 amide bonds. The minimum Gasteiger partial charge on any atom is -0.408 e. The molecule has 1 aromatic carbocycles. The first kappa shape index (κ1) is 12.1. The topological polar surface area (TPSA) is 81.7 Å². The molecular weight excluding hydrogens is 250 g/mol. The Morgan fingerprint density at radius 2 is 2.21 bits per heavy atom. The molecule has 2 heterocycles. The Kier molecular flexibility index (Phi) is 2.58. The van der Waals surface area contributed by atoms with Gasteiger partial charge in [-0.15, -0.1) is 0 Å². The molecule has 1 aliphatic heterocycles. The molecule has 6 nitrogen and oxygen atoms in total. The van der Waals surface area contributed by atoms with Gasteiger partial charge in [-0.3, -0.25) is 9.36 Å². The lowest BCUT2D eigenvalue weighted by atomic mass is 9.79. The number of nitrogens with zero attached hydrogens (tertiary/aromatic N) is 1. The molecule has 100 valence electrons. The van der Waals surface area contributed by atoms with E-state index in [1.54, 1.807) is 19.2 Å². The highest BCUT2D eigenvalue weighted by atomic mass is 16.5. The van der Waals surface area contributed by atoms with Crippen LogP contribution < -0.4 is 5.76 Å². The fourth-order valence-corrected chi connectivity index (χ4v) is 2.22. The number of Topliss-reactive ketones (excluding diaryl/α,β-unsaturated/α-hetero) is 1. The van der Waals surface area contributed by atoms with E-state index in [0.29, 0.717) is 16.7 Å². The molecule has 3 rings (SSSR count). The second-order valence-electron chi connectivity index (χ2n) is 4.87. The van der Waals surface area contributed by atoms with Crippen LogP contribution in [0.1, 0.15) is 10.4 Å². The Morgan fingerprint density at radius 1 is 1.47 bits per heavy atom. The molecular formula is C13H13NO5. The Labute approximate surface area is 108 Å². The molecule has 0 atom stereocenters. The van der Waals surface area contributed by atoms with Gasteiger partial charge in [0.2, 0.25) is 0 Å². The molecule has 1 N–H and O–H groups in total. The summed E-state index contributed by atoms with van der Waals surface area (Å²) >= 11 is 0. The van der Waals surface area contributed by atoms with Crippen LogP contribution in [0.4, 0.5) is 0 Å². The number of hydrogen-bond donors (Lipinski definition) is 1. The van der Waals surface area contributed by atoms with Gasteiger partial charge in [-0.1, -0.05) is 0 Å². The van der Waals surface area contributed by atoms with Gasteiger partial charge in [0, 0.05) is 12.6 Å². The summed E-state index contributed by atoms with van der Waals surface area (Å²) in [5.74, 6) is -0.655. The van der Waals surface area contributed by atoms with Crippen LogP contribution in [0, 0.1) is 5.41 Å². The minimum absolute atomic E-state index is 0.186. The first-order chi connectivity index (χ1) is 9.07. The van der Waals surface area contributed by atoms with Gasteiger partial charge in [-0.25, -0.2) is 4.79 Å². The average Bonchev–Trinajstić information content (AvgIpc) is 2.64. The van der Waals surface area contributed by atoms with Crippen LogP contribution in [-0.2, 0) is 11.8 Å². The van der Waals surface area contributed by atoms with Crippen molar-refractivity contribution in [1.82, 2.24) is 4.57 Å². The van der Waals surface area contributed by atoms with E-state index in [9.17, 15) is 14.7 Å². The maximum atomic E-state index is 12.3. The normalized spacial score (nSPS) is 17.4. The summed E-state index contributed by atoms with van der Waals surface area (Å²) in [7, 11) is 1.60. The zero-order valence-electron chi connectivity index (χ0n) is 10.4. The number of carbonyl (C=O) groups is 1. The van der Waals surface area contributed by atoms with Crippen LogP contribution in [-0.4, -0.2) is 35.3 Å². The highest BCUT2D eigenvalue weighted by Crippen LogP contribution is 2.31. The van der Waals surface area contributed by atoms with Gasteiger partial charge in [-0.05, 0) is 18.2 Å². The number of aliphatic hydroxyl groups is 1.